The molecule has 108 valence electrons. The van der Waals surface area contributed by atoms with Crippen LogP contribution in [0.5, 0.6) is 11.5 Å². The van der Waals surface area contributed by atoms with Crippen molar-refractivity contribution in [1.29, 1.82) is 0 Å². The highest BCUT2D eigenvalue weighted by Crippen LogP contribution is 2.33. The van der Waals surface area contributed by atoms with Gasteiger partial charge in [0.25, 0.3) is 0 Å². The molecule has 0 aliphatic heterocycles. The van der Waals surface area contributed by atoms with Crippen molar-refractivity contribution in [1.82, 2.24) is 5.32 Å². The second-order valence-electron chi connectivity index (χ2n) is 4.92. The minimum absolute atomic E-state index is 0.0543. The first kappa shape index (κ1) is 16.1. The Kier molecular flexibility index (Phi) is 5.91. The van der Waals surface area contributed by atoms with Crippen LogP contribution in [-0.4, -0.2) is 31.0 Å². The number of aliphatic hydroxyl groups is 1. The number of hydrogen-bond donors (Lipinski definition) is 2. The molecule has 1 aromatic carbocycles. The number of aliphatic hydroxyl groups excluding tert-OH is 1. The highest BCUT2D eigenvalue weighted by Gasteiger charge is 2.17. The Bertz CT molecular complexity index is 421. The Balaban J connectivity index is 2.90. The van der Waals surface area contributed by atoms with Crippen LogP contribution in [0.15, 0.2) is 12.1 Å². The average molecular weight is 288 g/mol. The summed E-state index contributed by atoms with van der Waals surface area (Å²) < 4.78 is 10.8. The van der Waals surface area contributed by atoms with Crippen LogP contribution in [0, 0.1) is 0 Å². The molecule has 5 heteroatoms. The minimum atomic E-state index is -0.352. The van der Waals surface area contributed by atoms with Gasteiger partial charge in [-0.1, -0.05) is 11.6 Å². The molecule has 0 saturated carbocycles. The summed E-state index contributed by atoms with van der Waals surface area (Å²) in [6, 6.07) is 3.61. The molecular weight excluding hydrogens is 266 g/mol. The number of hydrogen-bond acceptors (Lipinski definition) is 4. The molecule has 0 unspecified atom stereocenters. The molecule has 4 nitrogen and oxygen atoms in total. The van der Waals surface area contributed by atoms with Crippen molar-refractivity contribution in [3.05, 3.63) is 22.7 Å². The fourth-order valence-corrected chi connectivity index (χ4v) is 1.75. The van der Waals surface area contributed by atoms with Crippen molar-refractivity contribution >= 4 is 11.6 Å². The maximum atomic E-state index is 9.22. The quantitative estimate of drug-likeness (QED) is 0.809. The van der Waals surface area contributed by atoms with Crippen LogP contribution < -0.4 is 14.8 Å². The van der Waals surface area contributed by atoms with Crippen LogP contribution in [0.4, 0.5) is 0 Å². The minimum Gasteiger partial charge on any atom is -0.493 e. The fourth-order valence-electron chi connectivity index (χ4n) is 1.53. The van der Waals surface area contributed by atoms with Gasteiger partial charge in [-0.15, -0.1) is 0 Å². The predicted molar refractivity (Wildman–Crippen MR) is 77.2 cm³/mol. The molecule has 0 bridgehead atoms. The van der Waals surface area contributed by atoms with Gasteiger partial charge >= 0.3 is 0 Å². The number of nitrogens with one attached hydrogen (secondary N) is 1. The number of halogens is 1. The first-order valence-electron chi connectivity index (χ1n) is 6.28. The van der Waals surface area contributed by atoms with E-state index in [9.17, 15) is 5.11 Å². The van der Waals surface area contributed by atoms with Crippen molar-refractivity contribution in [3.8, 4) is 11.5 Å². The van der Waals surface area contributed by atoms with E-state index in [-0.39, 0.29) is 12.1 Å². The van der Waals surface area contributed by atoms with Crippen molar-refractivity contribution in [2.24, 2.45) is 0 Å². The van der Waals surface area contributed by atoms with Gasteiger partial charge in [0.2, 0.25) is 0 Å². The molecule has 0 aliphatic rings. The van der Waals surface area contributed by atoms with Crippen molar-refractivity contribution in [2.45, 2.75) is 32.9 Å². The topological polar surface area (TPSA) is 50.7 Å². The lowest BCUT2D eigenvalue weighted by atomic mass is 10.1. The Morgan fingerprint density at radius 1 is 1.32 bits per heavy atom. The monoisotopic (exact) mass is 287 g/mol. The molecule has 0 fully saturated rings. The van der Waals surface area contributed by atoms with Crippen LogP contribution in [0.3, 0.4) is 0 Å². The summed E-state index contributed by atoms with van der Waals surface area (Å²) in [6.45, 7) is 6.92. The number of ether oxygens (including phenoxy) is 2. The Morgan fingerprint density at radius 3 is 2.53 bits per heavy atom. The summed E-state index contributed by atoms with van der Waals surface area (Å²) in [5.41, 5.74) is 0.554. The van der Waals surface area contributed by atoms with Gasteiger partial charge in [0.1, 0.15) is 0 Å². The summed E-state index contributed by atoms with van der Waals surface area (Å²) in [4.78, 5) is 0. The van der Waals surface area contributed by atoms with Crippen LogP contribution in [0.25, 0.3) is 0 Å². The standard InChI is InChI=1S/C14H22ClNO3/c1-5-19-13-7-11(15)10(6-12(13)18-4)8-16-14(2,3)9-17/h6-7,16-17H,5,8-9H2,1-4H3. The number of benzene rings is 1. The van der Waals surface area contributed by atoms with E-state index in [1.807, 2.05) is 26.8 Å². The average Bonchev–Trinajstić information content (AvgIpc) is 2.38. The zero-order valence-electron chi connectivity index (χ0n) is 11.9. The van der Waals surface area contributed by atoms with Crippen LogP contribution in [0.2, 0.25) is 5.02 Å². The van der Waals surface area contributed by atoms with Gasteiger partial charge in [0.05, 0.1) is 20.3 Å². The Morgan fingerprint density at radius 2 is 2.00 bits per heavy atom. The Hall–Kier alpha value is -0.970. The second-order valence-corrected chi connectivity index (χ2v) is 5.33. The van der Waals surface area contributed by atoms with Gasteiger partial charge in [-0.3, -0.25) is 0 Å². The van der Waals surface area contributed by atoms with Gasteiger partial charge < -0.3 is 19.9 Å². The molecule has 0 amide bonds. The smallest absolute Gasteiger partial charge is 0.162 e. The summed E-state index contributed by atoms with van der Waals surface area (Å²) in [5.74, 6) is 1.30. The van der Waals surface area contributed by atoms with Gasteiger partial charge in [0, 0.05) is 23.2 Å². The second kappa shape index (κ2) is 6.98. The molecule has 1 aromatic rings. The first-order chi connectivity index (χ1) is 8.93. The first-order valence-corrected chi connectivity index (χ1v) is 6.66. The zero-order valence-corrected chi connectivity index (χ0v) is 12.7. The van der Waals surface area contributed by atoms with E-state index in [0.717, 1.165) is 5.56 Å². The molecule has 19 heavy (non-hydrogen) atoms. The van der Waals surface area contributed by atoms with Gasteiger partial charge in [-0.2, -0.15) is 0 Å². The van der Waals surface area contributed by atoms with E-state index in [4.69, 9.17) is 21.1 Å². The lowest BCUT2D eigenvalue weighted by Crippen LogP contribution is -2.42. The van der Waals surface area contributed by atoms with E-state index in [0.29, 0.717) is 29.7 Å². The maximum Gasteiger partial charge on any atom is 0.162 e. The molecule has 2 N–H and O–H groups in total. The summed E-state index contributed by atoms with van der Waals surface area (Å²) in [6.07, 6.45) is 0. The van der Waals surface area contributed by atoms with E-state index in [2.05, 4.69) is 5.32 Å². The molecular formula is C14H22ClNO3. The van der Waals surface area contributed by atoms with E-state index in [1.54, 1.807) is 13.2 Å². The molecule has 0 atom stereocenters. The molecule has 0 spiro atoms. The van der Waals surface area contributed by atoms with Crippen molar-refractivity contribution in [3.63, 3.8) is 0 Å². The lowest BCUT2D eigenvalue weighted by Gasteiger charge is -2.24. The summed E-state index contributed by atoms with van der Waals surface area (Å²) in [5, 5.41) is 13.1. The SMILES string of the molecule is CCOc1cc(Cl)c(CNC(C)(C)CO)cc1OC. The lowest BCUT2D eigenvalue weighted by molar-refractivity contribution is 0.187. The number of methoxy groups -OCH3 is 1. The third kappa shape index (κ3) is 4.56. The van der Waals surface area contributed by atoms with Gasteiger partial charge in [-0.05, 0) is 32.4 Å². The molecule has 0 radical (unpaired) electrons. The molecule has 0 aliphatic carbocycles. The van der Waals surface area contributed by atoms with Gasteiger partial charge in [-0.25, -0.2) is 0 Å². The molecule has 0 saturated heterocycles. The van der Waals surface area contributed by atoms with Crippen molar-refractivity contribution in [2.75, 3.05) is 20.3 Å². The summed E-state index contributed by atoms with van der Waals surface area (Å²) >= 11 is 6.23. The number of rotatable bonds is 7. The summed E-state index contributed by atoms with van der Waals surface area (Å²) in [7, 11) is 1.60. The van der Waals surface area contributed by atoms with Crippen LogP contribution in [0.1, 0.15) is 26.3 Å². The third-order valence-corrected chi connectivity index (χ3v) is 3.14. The highest BCUT2D eigenvalue weighted by molar-refractivity contribution is 6.31. The molecule has 0 aromatic heterocycles. The maximum absolute atomic E-state index is 9.22. The van der Waals surface area contributed by atoms with Crippen LogP contribution >= 0.6 is 11.6 Å². The normalized spacial score (nSPS) is 11.5. The van der Waals surface area contributed by atoms with E-state index < -0.39 is 0 Å². The van der Waals surface area contributed by atoms with Crippen molar-refractivity contribution < 1.29 is 14.6 Å². The predicted octanol–water partition coefficient (Wildman–Crippen LogP) is 2.61. The van der Waals surface area contributed by atoms with Gasteiger partial charge in [0.15, 0.2) is 11.5 Å². The largest absolute Gasteiger partial charge is 0.493 e. The molecule has 1 rings (SSSR count). The van der Waals surface area contributed by atoms with E-state index >= 15 is 0 Å². The Labute approximate surface area is 119 Å². The fraction of sp³-hybridized carbons (Fsp3) is 0.571. The van der Waals surface area contributed by atoms with E-state index in [1.165, 1.54) is 0 Å². The van der Waals surface area contributed by atoms with Crippen LogP contribution in [-0.2, 0) is 6.54 Å². The zero-order chi connectivity index (χ0) is 14.5. The third-order valence-electron chi connectivity index (χ3n) is 2.79. The molecule has 0 heterocycles. The highest BCUT2D eigenvalue weighted by atomic mass is 35.5.